The van der Waals surface area contributed by atoms with Gasteiger partial charge < -0.3 is 14.5 Å². The number of carbonyl (C=O) groups is 1. The summed E-state index contributed by atoms with van der Waals surface area (Å²) in [4.78, 5) is 11.7. The van der Waals surface area contributed by atoms with Gasteiger partial charge in [-0.25, -0.2) is 0 Å². The summed E-state index contributed by atoms with van der Waals surface area (Å²) in [5.74, 6) is 2.53. The molecule has 0 fully saturated rings. The summed E-state index contributed by atoms with van der Waals surface area (Å²) >= 11 is 7.48. The molecule has 1 amide bonds. The van der Waals surface area contributed by atoms with Crippen LogP contribution < -0.4 is 10.1 Å². The molecule has 0 spiro atoms. The maximum absolute atomic E-state index is 11.7. The Kier molecular flexibility index (Phi) is 6.02. The van der Waals surface area contributed by atoms with Crippen LogP contribution in [0.1, 0.15) is 11.3 Å². The third kappa shape index (κ3) is 5.02. The zero-order chi connectivity index (χ0) is 15.1. The fourth-order valence-electron chi connectivity index (χ4n) is 1.76. The van der Waals surface area contributed by atoms with Crippen LogP contribution in [0, 0.1) is 0 Å². The molecule has 2 rings (SSSR count). The largest absolute Gasteiger partial charge is 0.496 e. The standard InChI is InChI=1S/C15H16ClNO3S/c1-19-14-5-4-12(16)7-11(14)9-21-10-15(18)17-8-13-3-2-6-20-13/h2-7H,8-10H2,1H3,(H,17,18). The zero-order valence-electron chi connectivity index (χ0n) is 11.6. The number of ether oxygens (including phenoxy) is 1. The van der Waals surface area contributed by atoms with Gasteiger partial charge in [-0.1, -0.05) is 11.6 Å². The molecule has 1 heterocycles. The Balaban J connectivity index is 1.76. The van der Waals surface area contributed by atoms with Gasteiger partial charge in [0, 0.05) is 16.3 Å². The third-order valence-corrected chi connectivity index (χ3v) is 3.99. The Hall–Kier alpha value is -1.59. The summed E-state index contributed by atoms with van der Waals surface area (Å²) in [5.41, 5.74) is 0.980. The maximum atomic E-state index is 11.7. The second-order valence-corrected chi connectivity index (χ2v) is 5.73. The number of benzene rings is 1. The summed E-state index contributed by atoms with van der Waals surface area (Å²) in [6, 6.07) is 9.08. The van der Waals surface area contributed by atoms with E-state index in [1.54, 1.807) is 25.5 Å². The number of carbonyl (C=O) groups excluding carboxylic acids is 1. The van der Waals surface area contributed by atoms with E-state index in [0.29, 0.717) is 23.1 Å². The summed E-state index contributed by atoms with van der Waals surface area (Å²) < 4.78 is 10.4. The highest BCUT2D eigenvalue weighted by Crippen LogP contribution is 2.26. The van der Waals surface area contributed by atoms with Crippen LogP contribution in [0.15, 0.2) is 41.0 Å². The van der Waals surface area contributed by atoms with Gasteiger partial charge in [-0.05, 0) is 30.3 Å². The molecule has 0 saturated heterocycles. The summed E-state index contributed by atoms with van der Waals surface area (Å²) in [5, 5.41) is 3.46. The van der Waals surface area contributed by atoms with Crippen molar-refractivity contribution in [2.75, 3.05) is 12.9 Å². The number of thioether (sulfide) groups is 1. The van der Waals surface area contributed by atoms with Crippen LogP contribution >= 0.6 is 23.4 Å². The molecule has 6 heteroatoms. The number of nitrogens with one attached hydrogen (secondary N) is 1. The van der Waals surface area contributed by atoms with Crippen LogP contribution in [-0.4, -0.2) is 18.8 Å². The second-order valence-electron chi connectivity index (χ2n) is 4.31. The van der Waals surface area contributed by atoms with E-state index in [-0.39, 0.29) is 5.91 Å². The summed E-state index contributed by atoms with van der Waals surface area (Å²) in [6.45, 7) is 0.410. The van der Waals surface area contributed by atoms with E-state index < -0.39 is 0 Å². The Morgan fingerprint density at radius 2 is 2.29 bits per heavy atom. The fourth-order valence-corrected chi connectivity index (χ4v) is 2.79. The van der Waals surface area contributed by atoms with Gasteiger partial charge >= 0.3 is 0 Å². The van der Waals surface area contributed by atoms with Crippen LogP contribution in [-0.2, 0) is 17.1 Å². The first-order valence-electron chi connectivity index (χ1n) is 6.38. The molecule has 0 aliphatic carbocycles. The molecule has 1 aromatic heterocycles. The molecule has 112 valence electrons. The smallest absolute Gasteiger partial charge is 0.230 e. The van der Waals surface area contributed by atoms with E-state index in [4.69, 9.17) is 20.8 Å². The van der Waals surface area contributed by atoms with Crippen molar-refractivity contribution in [2.24, 2.45) is 0 Å². The van der Waals surface area contributed by atoms with E-state index >= 15 is 0 Å². The van der Waals surface area contributed by atoms with Crippen molar-refractivity contribution in [2.45, 2.75) is 12.3 Å². The highest BCUT2D eigenvalue weighted by atomic mass is 35.5. The van der Waals surface area contributed by atoms with E-state index in [2.05, 4.69) is 5.32 Å². The lowest BCUT2D eigenvalue weighted by molar-refractivity contribution is -0.118. The molecule has 0 bridgehead atoms. The Labute approximate surface area is 132 Å². The molecule has 4 nitrogen and oxygen atoms in total. The van der Waals surface area contributed by atoms with Crippen molar-refractivity contribution >= 4 is 29.3 Å². The molecular weight excluding hydrogens is 310 g/mol. The molecule has 0 unspecified atom stereocenters. The number of furan rings is 1. The molecule has 0 aliphatic rings. The van der Waals surface area contributed by atoms with Gasteiger partial charge in [-0.15, -0.1) is 11.8 Å². The van der Waals surface area contributed by atoms with Crippen LogP contribution in [0.5, 0.6) is 5.75 Å². The first kappa shape index (κ1) is 15.8. The molecule has 2 aromatic rings. The van der Waals surface area contributed by atoms with Crippen LogP contribution in [0.25, 0.3) is 0 Å². The van der Waals surface area contributed by atoms with Gasteiger partial charge in [0.05, 0.1) is 25.7 Å². The molecule has 0 radical (unpaired) electrons. The highest BCUT2D eigenvalue weighted by molar-refractivity contribution is 7.99. The van der Waals surface area contributed by atoms with E-state index in [0.717, 1.165) is 17.1 Å². The normalized spacial score (nSPS) is 10.4. The molecule has 1 aromatic carbocycles. The minimum absolute atomic E-state index is 0.0302. The third-order valence-electron chi connectivity index (χ3n) is 2.77. The molecule has 0 atom stereocenters. The lowest BCUT2D eigenvalue weighted by atomic mass is 10.2. The van der Waals surface area contributed by atoms with Gasteiger partial charge in [-0.2, -0.15) is 0 Å². The predicted molar refractivity (Wildman–Crippen MR) is 84.7 cm³/mol. The van der Waals surface area contributed by atoms with Gasteiger partial charge in [0.25, 0.3) is 0 Å². The summed E-state index contributed by atoms with van der Waals surface area (Å²) in [7, 11) is 1.62. The summed E-state index contributed by atoms with van der Waals surface area (Å²) in [6.07, 6.45) is 1.58. The average Bonchev–Trinajstić information content (AvgIpc) is 2.99. The molecular formula is C15H16ClNO3S. The number of hydrogen-bond acceptors (Lipinski definition) is 4. The fraction of sp³-hybridized carbons (Fsp3) is 0.267. The maximum Gasteiger partial charge on any atom is 0.230 e. The molecule has 0 saturated carbocycles. The minimum atomic E-state index is -0.0302. The number of halogens is 1. The van der Waals surface area contributed by atoms with E-state index in [1.165, 1.54) is 11.8 Å². The predicted octanol–water partition coefficient (Wildman–Crippen LogP) is 3.49. The quantitative estimate of drug-likeness (QED) is 0.846. The number of amides is 1. The van der Waals surface area contributed by atoms with Gasteiger partial charge in [0.15, 0.2) is 0 Å². The van der Waals surface area contributed by atoms with Crippen LogP contribution in [0.2, 0.25) is 5.02 Å². The Bertz CT molecular complexity index is 587. The highest BCUT2D eigenvalue weighted by Gasteiger charge is 2.07. The first-order chi connectivity index (χ1) is 10.2. The molecule has 0 aliphatic heterocycles. The SMILES string of the molecule is COc1ccc(Cl)cc1CSCC(=O)NCc1ccco1. The topological polar surface area (TPSA) is 51.5 Å². The van der Waals surface area contributed by atoms with Gasteiger partial charge in [0.1, 0.15) is 11.5 Å². The van der Waals surface area contributed by atoms with Crippen molar-refractivity contribution < 1.29 is 13.9 Å². The molecule has 21 heavy (non-hydrogen) atoms. The first-order valence-corrected chi connectivity index (χ1v) is 7.91. The zero-order valence-corrected chi connectivity index (χ0v) is 13.2. The number of hydrogen-bond donors (Lipinski definition) is 1. The van der Waals surface area contributed by atoms with Crippen molar-refractivity contribution in [3.05, 3.63) is 52.9 Å². The Morgan fingerprint density at radius 3 is 3.00 bits per heavy atom. The van der Waals surface area contributed by atoms with Gasteiger partial charge in [-0.3, -0.25) is 4.79 Å². The van der Waals surface area contributed by atoms with Crippen LogP contribution in [0.4, 0.5) is 0 Å². The lowest BCUT2D eigenvalue weighted by Gasteiger charge is -2.08. The molecule has 1 N–H and O–H groups in total. The van der Waals surface area contributed by atoms with E-state index in [1.807, 2.05) is 18.2 Å². The minimum Gasteiger partial charge on any atom is -0.496 e. The van der Waals surface area contributed by atoms with Crippen molar-refractivity contribution in [1.82, 2.24) is 5.32 Å². The van der Waals surface area contributed by atoms with Crippen molar-refractivity contribution in [3.63, 3.8) is 0 Å². The van der Waals surface area contributed by atoms with Crippen LogP contribution in [0.3, 0.4) is 0 Å². The Morgan fingerprint density at radius 1 is 1.43 bits per heavy atom. The number of methoxy groups -OCH3 is 1. The van der Waals surface area contributed by atoms with E-state index in [9.17, 15) is 4.79 Å². The van der Waals surface area contributed by atoms with Crippen molar-refractivity contribution in [3.8, 4) is 5.75 Å². The van der Waals surface area contributed by atoms with Gasteiger partial charge in [0.2, 0.25) is 5.91 Å². The second kappa shape index (κ2) is 8.00. The monoisotopic (exact) mass is 325 g/mol. The number of rotatable bonds is 7. The lowest BCUT2D eigenvalue weighted by Crippen LogP contribution is -2.24. The van der Waals surface area contributed by atoms with Crippen molar-refractivity contribution in [1.29, 1.82) is 0 Å². The average molecular weight is 326 g/mol.